The molecule has 1 aliphatic heterocycles. The van der Waals surface area contributed by atoms with Crippen molar-refractivity contribution in [3.8, 4) is 5.75 Å². The van der Waals surface area contributed by atoms with Crippen LogP contribution in [0.1, 0.15) is 58.0 Å². The molecule has 4 rings (SSSR count). The van der Waals surface area contributed by atoms with E-state index < -0.39 is 6.04 Å². The number of pyridine rings is 1. The minimum atomic E-state index is -0.425. The molecule has 1 aromatic carbocycles. The molecule has 0 saturated carbocycles. The summed E-state index contributed by atoms with van der Waals surface area (Å²) in [6.45, 7) is 9.91. The van der Waals surface area contributed by atoms with Crippen LogP contribution in [0.3, 0.4) is 0 Å². The topological polar surface area (TPSA) is 109 Å². The van der Waals surface area contributed by atoms with Crippen molar-refractivity contribution in [1.82, 2.24) is 30.1 Å². The van der Waals surface area contributed by atoms with Crippen LogP contribution in [-0.2, 0) is 5.54 Å². The summed E-state index contributed by atoms with van der Waals surface area (Å²) in [5.41, 5.74) is 0.813. The predicted octanol–water partition coefficient (Wildman–Crippen LogP) is 2.21. The number of fused-ring (bicyclic) bond motifs is 1. The van der Waals surface area contributed by atoms with Crippen molar-refractivity contribution in [2.75, 3.05) is 19.7 Å². The summed E-state index contributed by atoms with van der Waals surface area (Å²) in [7, 11) is 0. The summed E-state index contributed by atoms with van der Waals surface area (Å²) in [5, 5.41) is 23.4. The van der Waals surface area contributed by atoms with E-state index in [1.54, 1.807) is 4.68 Å². The van der Waals surface area contributed by atoms with E-state index >= 15 is 0 Å². The number of aliphatic hydroxyl groups excluding tert-OH is 1. The van der Waals surface area contributed by atoms with E-state index in [1.807, 2.05) is 52.0 Å². The van der Waals surface area contributed by atoms with E-state index in [4.69, 9.17) is 4.74 Å². The minimum Gasteiger partial charge on any atom is -0.494 e. The fourth-order valence-corrected chi connectivity index (χ4v) is 4.15. The predicted molar refractivity (Wildman–Crippen MR) is 117 cm³/mol. The quantitative estimate of drug-likeness (QED) is 0.644. The molecule has 9 heteroatoms. The van der Waals surface area contributed by atoms with Crippen molar-refractivity contribution in [1.29, 1.82) is 0 Å². The van der Waals surface area contributed by atoms with Crippen LogP contribution in [0, 0.1) is 0 Å². The summed E-state index contributed by atoms with van der Waals surface area (Å²) in [6, 6.07) is 7.13. The number of benzene rings is 1. The Kier molecular flexibility index (Phi) is 5.81. The van der Waals surface area contributed by atoms with Crippen LogP contribution in [0.25, 0.3) is 10.9 Å². The Balaban J connectivity index is 1.87. The Morgan fingerprint density at radius 3 is 2.68 bits per heavy atom. The maximum absolute atomic E-state index is 13.2. The number of aliphatic hydroxyl groups is 1. The zero-order chi connectivity index (χ0) is 22.2. The molecule has 3 heterocycles. The first-order chi connectivity index (χ1) is 14.8. The number of H-pyrrole nitrogens is 1. The van der Waals surface area contributed by atoms with Gasteiger partial charge >= 0.3 is 0 Å². The zero-order valence-corrected chi connectivity index (χ0v) is 18.5. The molecule has 166 valence electrons. The highest BCUT2D eigenvalue weighted by Gasteiger charge is 2.34. The zero-order valence-electron chi connectivity index (χ0n) is 18.5. The van der Waals surface area contributed by atoms with Gasteiger partial charge in [-0.3, -0.25) is 9.69 Å². The van der Waals surface area contributed by atoms with E-state index in [0.29, 0.717) is 43.9 Å². The first-order valence-electron chi connectivity index (χ1n) is 10.8. The largest absolute Gasteiger partial charge is 0.494 e. The Morgan fingerprint density at radius 2 is 2.00 bits per heavy atom. The van der Waals surface area contributed by atoms with Gasteiger partial charge in [0, 0.05) is 29.6 Å². The van der Waals surface area contributed by atoms with Crippen molar-refractivity contribution >= 4 is 10.9 Å². The molecule has 2 aromatic heterocycles. The third kappa shape index (κ3) is 4.33. The van der Waals surface area contributed by atoms with Gasteiger partial charge in [0.1, 0.15) is 11.8 Å². The van der Waals surface area contributed by atoms with Crippen molar-refractivity contribution in [2.24, 2.45) is 0 Å². The van der Waals surface area contributed by atoms with E-state index in [1.165, 1.54) is 0 Å². The van der Waals surface area contributed by atoms with E-state index in [2.05, 4.69) is 25.4 Å². The maximum Gasteiger partial charge on any atom is 0.253 e. The van der Waals surface area contributed by atoms with Gasteiger partial charge in [0.2, 0.25) is 0 Å². The summed E-state index contributed by atoms with van der Waals surface area (Å²) >= 11 is 0. The molecule has 9 nitrogen and oxygen atoms in total. The molecule has 1 atom stereocenters. The maximum atomic E-state index is 13.2. The summed E-state index contributed by atoms with van der Waals surface area (Å²) < 4.78 is 7.42. The number of aromatic nitrogens is 5. The SMILES string of the molecule is CCOc1ccc2[nH]c(=O)c(C(c3nnnn3C(C)(C)C)N3CCC(O)CC3)cc2c1. The highest BCUT2D eigenvalue weighted by Crippen LogP contribution is 2.32. The molecule has 31 heavy (non-hydrogen) atoms. The first kappa shape index (κ1) is 21.5. The number of rotatable bonds is 5. The average molecular weight is 427 g/mol. The van der Waals surface area contributed by atoms with Crippen LogP contribution in [0.15, 0.2) is 29.1 Å². The standard InChI is InChI=1S/C22H30N6O3/c1-5-31-16-6-7-18-14(12-16)13-17(21(30)23-18)19(27-10-8-15(29)9-11-27)20-24-25-26-28(20)22(2,3)4/h6-7,12-13,15,19,29H,5,8-11H2,1-4H3,(H,23,30). The van der Waals surface area contributed by atoms with Crippen molar-refractivity contribution < 1.29 is 9.84 Å². The Hall–Kier alpha value is -2.78. The van der Waals surface area contributed by atoms with Gasteiger partial charge in [-0.15, -0.1) is 5.10 Å². The number of nitrogens with one attached hydrogen (secondary N) is 1. The van der Waals surface area contributed by atoms with Gasteiger partial charge < -0.3 is 14.8 Å². The molecular weight excluding hydrogens is 396 g/mol. The second-order valence-corrected chi connectivity index (χ2v) is 9.03. The molecule has 2 N–H and O–H groups in total. The highest BCUT2D eigenvalue weighted by molar-refractivity contribution is 5.80. The number of nitrogens with zero attached hydrogens (tertiary/aromatic N) is 5. The summed E-state index contributed by atoms with van der Waals surface area (Å²) in [6.07, 6.45) is 0.973. The number of piperidine rings is 1. The highest BCUT2D eigenvalue weighted by atomic mass is 16.5. The molecule has 1 aliphatic rings. The normalized spacial score (nSPS) is 17.2. The third-order valence-electron chi connectivity index (χ3n) is 5.69. The van der Waals surface area contributed by atoms with Crippen molar-refractivity contribution in [3.63, 3.8) is 0 Å². The molecule has 1 unspecified atom stereocenters. The number of hydrogen-bond acceptors (Lipinski definition) is 7. The van der Waals surface area contributed by atoms with Gasteiger partial charge in [0.05, 0.1) is 18.2 Å². The first-order valence-corrected chi connectivity index (χ1v) is 10.8. The Bertz CT molecular complexity index is 1110. The van der Waals surface area contributed by atoms with Gasteiger partial charge in [-0.25, -0.2) is 4.68 Å². The number of likely N-dealkylation sites (tertiary alicyclic amines) is 1. The number of aromatic amines is 1. The fourth-order valence-electron chi connectivity index (χ4n) is 4.15. The second-order valence-electron chi connectivity index (χ2n) is 9.03. The lowest BCUT2D eigenvalue weighted by Gasteiger charge is -2.36. The molecule has 0 radical (unpaired) electrons. The summed E-state index contributed by atoms with van der Waals surface area (Å²) in [4.78, 5) is 18.4. The molecular formula is C22H30N6O3. The van der Waals surface area contributed by atoms with Crippen LogP contribution < -0.4 is 10.3 Å². The van der Waals surface area contributed by atoms with Crippen LogP contribution >= 0.6 is 0 Å². The third-order valence-corrected chi connectivity index (χ3v) is 5.69. The molecule has 1 fully saturated rings. The molecule has 1 saturated heterocycles. The van der Waals surface area contributed by atoms with Crippen LogP contribution in [0.4, 0.5) is 0 Å². The lowest BCUT2D eigenvalue weighted by molar-refractivity contribution is 0.0647. The van der Waals surface area contributed by atoms with Crippen molar-refractivity contribution in [3.05, 3.63) is 46.0 Å². The Labute approximate surface area is 181 Å². The Morgan fingerprint density at radius 1 is 1.26 bits per heavy atom. The van der Waals surface area contributed by atoms with Gasteiger partial charge in [0.15, 0.2) is 5.82 Å². The van der Waals surface area contributed by atoms with Gasteiger partial charge in [-0.1, -0.05) is 0 Å². The van der Waals surface area contributed by atoms with E-state index in [9.17, 15) is 9.90 Å². The molecule has 0 amide bonds. The molecule has 0 bridgehead atoms. The van der Waals surface area contributed by atoms with Crippen LogP contribution in [-0.4, -0.2) is 61.0 Å². The van der Waals surface area contributed by atoms with Gasteiger partial charge in [-0.05, 0) is 75.2 Å². The number of hydrogen-bond donors (Lipinski definition) is 2. The average Bonchev–Trinajstić information content (AvgIpc) is 3.20. The minimum absolute atomic E-state index is 0.170. The smallest absolute Gasteiger partial charge is 0.253 e. The molecule has 0 aliphatic carbocycles. The summed E-state index contributed by atoms with van der Waals surface area (Å²) in [5.74, 6) is 1.37. The van der Waals surface area contributed by atoms with E-state index in [0.717, 1.165) is 16.7 Å². The van der Waals surface area contributed by atoms with Crippen molar-refractivity contribution in [2.45, 2.75) is 58.2 Å². The number of ether oxygens (including phenoxy) is 1. The lowest BCUT2D eigenvalue weighted by atomic mass is 9.98. The monoisotopic (exact) mass is 426 g/mol. The second kappa shape index (κ2) is 8.39. The molecule has 3 aromatic rings. The number of tetrazole rings is 1. The lowest BCUT2D eigenvalue weighted by Crippen LogP contribution is -2.42. The van der Waals surface area contributed by atoms with Gasteiger partial charge in [-0.2, -0.15) is 0 Å². The van der Waals surface area contributed by atoms with Crippen LogP contribution in [0.5, 0.6) is 5.75 Å². The molecule has 0 spiro atoms. The van der Waals surface area contributed by atoms with Gasteiger partial charge in [0.25, 0.3) is 5.56 Å². The van der Waals surface area contributed by atoms with E-state index in [-0.39, 0.29) is 17.2 Å². The van der Waals surface area contributed by atoms with Crippen LogP contribution in [0.2, 0.25) is 0 Å². The fraction of sp³-hybridized carbons (Fsp3) is 0.545.